The number of fused-ring (bicyclic) bond motifs is 2. The molecule has 0 spiro atoms. The normalized spacial score (nSPS) is 20.8. The molecule has 4 aromatic rings. The molecule has 0 bridgehead atoms. The van der Waals surface area contributed by atoms with E-state index in [4.69, 9.17) is 0 Å². The molecule has 2 fully saturated rings. The van der Waals surface area contributed by atoms with E-state index in [0.717, 1.165) is 73.9 Å². The quantitative estimate of drug-likeness (QED) is 0.264. The van der Waals surface area contributed by atoms with Crippen molar-refractivity contribution >= 4 is 22.5 Å². The molecule has 3 aliphatic rings. The molecule has 4 heterocycles. The van der Waals surface area contributed by atoms with E-state index in [9.17, 15) is 18.0 Å². The molecule has 0 N–H and O–H groups in total. The fraction of sp³-hybridized carbons (Fsp3) is 0.485. The molecule has 0 radical (unpaired) electrons. The van der Waals surface area contributed by atoms with Crippen LogP contribution in [-0.2, 0) is 38.8 Å². The highest BCUT2D eigenvalue weighted by Gasteiger charge is 2.44. The summed E-state index contributed by atoms with van der Waals surface area (Å²) in [5, 5.41) is 9.78. The molecule has 1 atom stereocenters. The van der Waals surface area contributed by atoms with E-state index in [1.54, 1.807) is 12.4 Å². The predicted octanol–water partition coefficient (Wildman–Crippen LogP) is 6.58. The van der Waals surface area contributed by atoms with Gasteiger partial charge in [0.1, 0.15) is 12.2 Å². The molecule has 2 aromatic heterocycles. The fourth-order valence-electron chi connectivity index (χ4n) is 7.93. The van der Waals surface area contributed by atoms with Crippen LogP contribution < -0.4 is 4.90 Å². The summed E-state index contributed by atoms with van der Waals surface area (Å²) < 4.78 is 47.4. The fourth-order valence-corrected chi connectivity index (χ4v) is 7.93. The molecule has 1 saturated carbocycles. The van der Waals surface area contributed by atoms with Gasteiger partial charge in [0.05, 0.1) is 23.0 Å². The largest absolute Gasteiger partial charge is 0.416 e. The van der Waals surface area contributed by atoms with Gasteiger partial charge in [-0.25, -0.2) is 0 Å². The topological polar surface area (TPSA) is 59.2 Å². The van der Waals surface area contributed by atoms with Crippen LogP contribution in [0.1, 0.15) is 83.9 Å². The summed E-state index contributed by atoms with van der Waals surface area (Å²) in [6, 6.07) is 9.01. The first kappa shape index (κ1) is 28.1. The summed E-state index contributed by atoms with van der Waals surface area (Å²) in [5.74, 6) is 1.00. The zero-order valence-electron chi connectivity index (χ0n) is 24.9. The lowest BCUT2D eigenvalue weighted by Crippen LogP contribution is -2.33. The van der Waals surface area contributed by atoms with Crippen molar-refractivity contribution in [2.45, 2.75) is 70.1 Å². The van der Waals surface area contributed by atoms with Gasteiger partial charge in [-0.15, -0.1) is 10.2 Å². The number of aromatic nitrogens is 4. The lowest BCUT2D eigenvalue weighted by Gasteiger charge is -2.31. The van der Waals surface area contributed by atoms with Crippen molar-refractivity contribution in [3.8, 4) is 0 Å². The van der Waals surface area contributed by atoms with Gasteiger partial charge in [-0.3, -0.25) is 9.69 Å². The van der Waals surface area contributed by atoms with Crippen LogP contribution in [0.5, 0.6) is 0 Å². The summed E-state index contributed by atoms with van der Waals surface area (Å²) in [6.07, 6.45) is 5.15. The Labute approximate surface area is 249 Å². The number of carbonyl (C=O) groups is 1. The first-order valence-corrected chi connectivity index (χ1v) is 15.3. The number of benzene rings is 2. The van der Waals surface area contributed by atoms with Gasteiger partial charge >= 0.3 is 6.18 Å². The van der Waals surface area contributed by atoms with Crippen molar-refractivity contribution in [2.24, 2.45) is 20.0 Å². The third kappa shape index (κ3) is 4.65. The molecule has 1 saturated heterocycles. The Morgan fingerprint density at radius 1 is 1.05 bits per heavy atom. The van der Waals surface area contributed by atoms with Crippen molar-refractivity contribution in [1.82, 2.24) is 24.2 Å². The molecule has 0 unspecified atom stereocenters. The number of piperidine rings is 1. The second kappa shape index (κ2) is 10.2. The number of alkyl halides is 3. The number of likely N-dealkylation sites (tertiary alicyclic amines) is 1. The molecule has 226 valence electrons. The van der Waals surface area contributed by atoms with Crippen LogP contribution in [0.3, 0.4) is 0 Å². The average Bonchev–Trinajstić information content (AvgIpc) is 3.76. The Bertz CT molecular complexity index is 1710. The molecular formula is C33H37F3N6O. The summed E-state index contributed by atoms with van der Waals surface area (Å²) in [6.45, 7) is 4.18. The molecule has 1 amide bonds. The number of anilines is 1. The predicted molar refractivity (Wildman–Crippen MR) is 159 cm³/mol. The minimum Gasteiger partial charge on any atom is -0.350 e. The number of hydrogen-bond acceptors (Lipinski definition) is 4. The molecule has 2 aromatic carbocycles. The Morgan fingerprint density at radius 2 is 1.84 bits per heavy atom. The van der Waals surface area contributed by atoms with Gasteiger partial charge in [-0.05, 0) is 85.2 Å². The SMILES string of the molecule is C[C@H]1CCCN(Cc2cc3c(c(C(F)(F)F)c2)CN(c2cc(C4(c5nncn5C)CCCC4)c4ccn(C)c4c2)C3=O)C1. The van der Waals surface area contributed by atoms with Crippen LogP contribution in [0, 0.1) is 5.92 Å². The van der Waals surface area contributed by atoms with Crippen molar-refractivity contribution in [3.63, 3.8) is 0 Å². The van der Waals surface area contributed by atoms with Gasteiger partial charge in [-0.2, -0.15) is 13.2 Å². The van der Waals surface area contributed by atoms with E-state index in [2.05, 4.69) is 28.1 Å². The molecule has 10 heteroatoms. The highest BCUT2D eigenvalue weighted by atomic mass is 19.4. The van der Waals surface area contributed by atoms with E-state index in [0.29, 0.717) is 23.7 Å². The van der Waals surface area contributed by atoms with Gasteiger partial charge in [0, 0.05) is 50.0 Å². The third-order valence-electron chi connectivity index (χ3n) is 9.97. The zero-order valence-corrected chi connectivity index (χ0v) is 24.9. The van der Waals surface area contributed by atoms with Crippen LogP contribution in [0.2, 0.25) is 0 Å². The van der Waals surface area contributed by atoms with Gasteiger partial charge < -0.3 is 14.0 Å². The van der Waals surface area contributed by atoms with E-state index in [-0.39, 0.29) is 23.6 Å². The number of carbonyl (C=O) groups excluding carboxylic acids is 1. The third-order valence-corrected chi connectivity index (χ3v) is 9.97. The maximum atomic E-state index is 14.5. The van der Waals surface area contributed by atoms with Crippen LogP contribution in [-0.4, -0.2) is 43.2 Å². The van der Waals surface area contributed by atoms with Gasteiger partial charge in [0.25, 0.3) is 5.91 Å². The van der Waals surface area contributed by atoms with Gasteiger partial charge in [-0.1, -0.05) is 19.8 Å². The van der Waals surface area contributed by atoms with Crippen LogP contribution in [0.25, 0.3) is 10.9 Å². The molecule has 7 nitrogen and oxygen atoms in total. The lowest BCUT2D eigenvalue weighted by atomic mass is 9.76. The van der Waals surface area contributed by atoms with Crippen molar-refractivity contribution in [2.75, 3.05) is 18.0 Å². The number of aryl methyl sites for hydroxylation is 2. The standard InChI is InChI=1S/C33H37F3N6O/c1-21-7-6-11-41(17-21)18-22-13-25-26(28(14-22)33(34,35)36)19-42(30(25)43)23-15-27(24-8-12-39(2)29(24)16-23)32(9-4-5-10-32)31-38-37-20-40(31)3/h8,12-16,20-21H,4-7,9-11,17-19H2,1-3H3/t21-/m0/s1. The first-order chi connectivity index (χ1) is 20.5. The zero-order chi connectivity index (χ0) is 30.1. The summed E-state index contributed by atoms with van der Waals surface area (Å²) in [7, 11) is 3.90. The van der Waals surface area contributed by atoms with Crippen molar-refractivity contribution in [1.29, 1.82) is 0 Å². The number of nitrogens with zero attached hydrogens (tertiary/aromatic N) is 6. The number of halogens is 3. The lowest BCUT2D eigenvalue weighted by molar-refractivity contribution is -0.138. The number of rotatable bonds is 5. The summed E-state index contributed by atoms with van der Waals surface area (Å²) in [5.41, 5.74) is 2.26. The van der Waals surface area contributed by atoms with Gasteiger partial charge in [0.15, 0.2) is 0 Å². The maximum absolute atomic E-state index is 14.5. The highest BCUT2D eigenvalue weighted by molar-refractivity contribution is 6.11. The monoisotopic (exact) mass is 590 g/mol. The second-order valence-electron chi connectivity index (χ2n) is 12.9. The van der Waals surface area contributed by atoms with E-state index in [1.165, 1.54) is 11.0 Å². The van der Waals surface area contributed by atoms with E-state index in [1.807, 2.05) is 41.6 Å². The molecule has 2 aliphatic heterocycles. The maximum Gasteiger partial charge on any atom is 0.416 e. The van der Waals surface area contributed by atoms with Crippen LogP contribution >= 0.6 is 0 Å². The number of amides is 1. The van der Waals surface area contributed by atoms with E-state index >= 15 is 0 Å². The number of hydrogen-bond donors (Lipinski definition) is 0. The molecule has 43 heavy (non-hydrogen) atoms. The molecule has 7 rings (SSSR count). The second-order valence-corrected chi connectivity index (χ2v) is 12.9. The average molecular weight is 591 g/mol. The Kier molecular flexibility index (Phi) is 6.68. The Morgan fingerprint density at radius 3 is 2.53 bits per heavy atom. The van der Waals surface area contributed by atoms with Crippen molar-refractivity contribution < 1.29 is 18.0 Å². The smallest absolute Gasteiger partial charge is 0.350 e. The first-order valence-electron chi connectivity index (χ1n) is 15.3. The van der Waals surface area contributed by atoms with E-state index < -0.39 is 17.2 Å². The Balaban J connectivity index is 1.33. The minimum atomic E-state index is -4.56. The minimum absolute atomic E-state index is 0.0608. The molecular weight excluding hydrogens is 553 g/mol. The molecule has 1 aliphatic carbocycles. The highest BCUT2D eigenvalue weighted by Crippen LogP contribution is 2.49. The van der Waals surface area contributed by atoms with Gasteiger partial charge in [0.2, 0.25) is 0 Å². The summed E-state index contributed by atoms with van der Waals surface area (Å²) >= 11 is 0. The van der Waals surface area contributed by atoms with Crippen LogP contribution in [0.4, 0.5) is 18.9 Å². The van der Waals surface area contributed by atoms with Crippen molar-refractivity contribution in [3.05, 3.63) is 76.5 Å². The summed E-state index contributed by atoms with van der Waals surface area (Å²) in [4.78, 5) is 17.8. The van der Waals surface area contributed by atoms with Crippen LogP contribution in [0.15, 0.2) is 42.9 Å². The Hall–Kier alpha value is -3.66.